The predicted octanol–water partition coefficient (Wildman–Crippen LogP) is 5.18. The Bertz CT molecular complexity index is 534. The number of rotatable bonds is 4. The molecule has 0 N–H and O–H groups in total. The van der Waals surface area contributed by atoms with E-state index in [0.29, 0.717) is 5.92 Å². The van der Waals surface area contributed by atoms with E-state index in [0.717, 1.165) is 31.4 Å². The van der Waals surface area contributed by atoms with E-state index in [1.165, 1.54) is 16.8 Å². The Labute approximate surface area is 123 Å². The van der Waals surface area contributed by atoms with Crippen molar-refractivity contribution < 1.29 is 0 Å². The van der Waals surface area contributed by atoms with Crippen LogP contribution in [0, 0.1) is 12.8 Å². The van der Waals surface area contributed by atoms with Crippen molar-refractivity contribution in [1.29, 1.82) is 0 Å². The molecule has 1 unspecified atom stereocenters. The van der Waals surface area contributed by atoms with E-state index in [2.05, 4.69) is 68.3 Å². The fraction of sp³-hybridized carbons (Fsp3) is 0.421. The van der Waals surface area contributed by atoms with E-state index in [4.69, 9.17) is 0 Å². The zero-order valence-corrected chi connectivity index (χ0v) is 12.9. The summed E-state index contributed by atoms with van der Waals surface area (Å²) in [7, 11) is 0. The Hall–Kier alpha value is -1.63. The zero-order chi connectivity index (χ0) is 14.4. The van der Waals surface area contributed by atoms with Crippen LogP contribution in [0.2, 0.25) is 0 Å². The van der Waals surface area contributed by atoms with E-state index in [1.54, 1.807) is 0 Å². The van der Waals surface area contributed by atoms with Gasteiger partial charge in [0.15, 0.2) is 0 Å². The number of aryl methyl sites for hydroxylation is 2. The molecule has 0 fully saturated rings. The van der Waals surface area contributed by atoms with Crippen molar-refractivity contribution in [3.05, 3.63) is 65.0 Å². The molecule has 106 valence electrons. The third kappa shape index (κ3) is 4.19. The Morgan fingerprint density at radius 3 is 2.80 bits per heavy atom. The summed E-state index contributed by atoms with van der Waals surface area (Å²) >= 11 is 0. The lowest BCUT2D eigenvalue weighted by Gasteiger charge is -2.14. The number of pyridine rings is 1. The first-order chi connectivity index (χ1) is 9.69. The van der Waals surface area contributed by atoms with Gasteiger partial charge in [0.1, 0.15) is 0 Å². The second-order valence-electron chi connectivity index (χ2n) is 5.64. The second kappa shape index (κ2) is 7.23. The molecule has 1 heterocycles. The fourth-order valence-electron chi connectivity index (χ4n) is 2.62. The summed E-state index contributed by atoms with van der Waals surface area (Å²) < 4.78 is 0. The Morgan fingerprint density at radius 1 is 1.20 bits per heavy atom. The van der Waals surface area contributed by atoms with E-state index in [9.17, 15) is 0 Å². The van der Waals surface area contributed by atoms with Gasteiger partial charge < -0.3 is 0 Å². The lowest BCUT2D eigenvalue weighted by atomic mass is 9.92. The van der Waals surface area contributed by atoms with E-state index < -0.39 is 0 Å². The van der Waals surface area contributed by atoms with Crippen LogP contribution < -0.4 is 0 Å². The Balaban J connectivity index is 2.09. The third-order valence-corrected chi connectivity index (χ3v) is 3.86. The van der Waals surface area contributed by atoms with Crippen molar-refractivity contribution >= 4 is 0 Å². The molecule has 0 spiro atoms. The smallest absolute Gasteiger partial charge is 0.0410 e. The van der Waals surface area contributed by atoms with Crippen LogP contribution in [0.25, 0.3) is 0 Å². The molecule has 1 aromatic heterocycles. The highest BCUT2D eigenvalue weighted by Gasteiger charge is 2.07. The van der Waals surface area contributed by atoms with Crippen LogP contribution >= 0.6 is 0 Å². The van der Waals surface area contributed by atoms with E-state index >= 15 is 0 Å². The van der Waals surface area contributed by atoms with Crippen LogP contribution in [0.5, 0.6) is 0 Å². The maximum Gasteiger partial charge on any atom is 0.0410 e. The van der Waals surface area contributed by atoms with Gasteiger partial charge in [-0.05, 0) is 61.8 Å². The summed E-state index contributed by atoms with van der Waals surface area (Å²) in [5, 5.41) is 0. The molecular formula is C19H25N. The topological polar surface area (TPSA) is 12.9 Å². The molecule has 2 rings (SSSR count). The lowest BCUT2D eigenvalue weighted by molar-refractivity contribution is 0.732. The fourth-order valence-corrected chi connectivity index (χ4v) is 2.62. The number of aromatic nitrogens is 1. The van der Waals surface area contributed by atoms with Gasteiger partial charge in [-0.25, -0.2) is 0 Å². The molecule has 20 heavy (non-hydrogen) atoms. The van der Waals surface area contributed by atoms with E-state index in [-0.39, 0.29) is 0 Å². The predicted molar refractivity (Wildman–Crippen MR) is 86.7 cm³/mol. The van der Waals surface area contributed by atoms with Gasteiger partial charge in [0.25, 0.3) is 0 Å². The molecule has 0 saturated heterocycles. The normalized spacial score (nSPS) is 20.6. The molecule has 1 nitrogen and oxygen atoms in total. The average molecular weight is 267 g/mol. The molecule has 1 aliphatic carbocycles. The number of hydrogen-bond acceptors (Lipinski definition) is 1. The first-order valence-corrected chi connectivity index (χ1v) is 7.68. The summed E-state index contributed by atoms with van der Waals surface area (Å²) in [5.41, 5.74) is 5.29. The van der Waals surface area contributed by atoms with Gasteiger partial charge in [0.05, 0.1) is 0 Å². The number of nitrogens with zero attached hydrogens (tertiary/aromatic N) is 1. The molecule has 1 aromatic rings. The number of hydrogen-bond donors (Lipinski definition) is 0. The van der Waals surface area contributed by atoms with Crippen molar-refractivity contribution in [3.8, 4) is 0 Å². The van der Waals surface area contributed by atoms with Crippen molar-refractivity contribution in [3.63, 3.8) is 0 Å². The van der Waals surface area contributed by atoms with Crippen LogP contribution in [0.1, 0.15) is 44.5 Å². The van der Waals surface area contributed by atoms with Gasteiger partial charge >= 0.3 is 0 Å². The molecular weight excluding hydrogens is 242 g/mol. The largest absolute Gasteiger partial charge is 0.258 e. The molecule has 0 amide bonds. The summed E-state index contributed by atoms with van der Waals surface area (Å²) in [6.07, 6.45) is 13.6. The van der Waals surface area contributed by atoms with Crippen molar-refractivity contribution in [1.82, 2.24) is 4.98 Å². The quantitative estimate of drug-likeness (QED) is 0.732. The monoisotopic (exact) mass is 267 g/mol. The minimum absolute atomic E-state index is 0.636. The summed E-state index contributed by atoms with van der Waals surface area (Å²) in [4.78, 5) is 4.60. The molecule has 1 atom stereocenters. The highest BCUT2D eigenvalue weighted by molar-refractivity contribution is 5.35. The van der Waals surface area contributed by atoms with Crippen LogP contribution in [0.15, 0.2) is 53.6 Å². The SMILES string of the molecule is CCC1=C/C=C\C(C)CC=C1CCc1cccc(C)n1. The van der Waals surface area contributed by atoms with Gasteiger partial charge in [-0.2, -0.15) is 0 Å². The summed E-state index contributed by atoms with van der Waals surface area (Å²) in [6.45, 7) is 6.57. The maximum absolute atomic E-state index is 4.60. The maximum atomic E-state index is 4.60. The van der Waals surface area contributed by atoms with Gasteiger partial charge in [-0.15, -0.1) is 0 Å². The van der Waals surface area contributed by atoms with Crippen molar-refractivity contribution in [2.24, 2.45) is 5.92 Å². The third-order valence-electron chi connectivity index (χ3n) is 3.86. The van der Waals surface area contributed by atoms with Crippen LogP contribution in [0.3, 0.4) is 0 Å². The van der Waals surface area contributed by atoms with Crippen LogP contribution in [-0.4, -0.2) is 4.98 Å². The molecule has 0 aromatic carbocycles. The number of allylic oxidation sites excluding steroid dienone is 6. The summed E-state index contributed by atoms with van der Waals surface area (Å²) in [5.74, 6) is 0.636. The second-order valence-corrected chi connectivity index (χ2v) is 5.64. The molecule has 1 heteroatoms. The van der Waals surface area contributed by atoms with E-state index in [1.807, 2.05) is 0 Å². The van der Waals surface area contributed by atoms with Crippen LogP contribution in [-0.2, 0) is 6.42 Å². The van der Waals surface area contributed by atoms with Crippen molar-refractivity contribution in [2.75, 3.05) is 0 Å². The molecule has 1 aliphatic rings. The van der Waals surface area contributed by atoms with Gasteiger partial charge in [0, 0.05) is 11.4 Å². The van der Waals surface area contributed by atoms with Crippen molar-refractivity contribution in [2.45, 2.75) is 46.5 Å². The first kappa shape index (κ1) is 14.8. The molecule has 0 bridgehead atoms. The molecule has 0 saturated carbocycles. The highest BCUT2D eigenvalue weighted by Crippen LogP contribution is 2.24. The van der Waals surface area contributed by atoms with Crippen LogP contribution in [0.4, 0.5) is 0 Å². The standard InChI is InChI=1S/C19H25N/c1-4-17-9-5-7-15(2)11-12-18(17)13-14-19-10-6-8-16(3)20-19/h5-10,12,15H,4,11,13-14H2,1-3H3/b7-5-,17-9?,18-12?. The summed E-state index contributed by atoms with van der Waals surface area (Å²) in [6, 6.07) is 6.29. The Morgan fingerprint density at radius 2 is 2.05 bits per heavy atom. The van der Waals surface area contributed by atoms with Gasteiger partial charge in [-0.1, -0.05) is 44.2 Å². The van der Waals surface area contributed by atoms with Gasteiger partial charge in [0.2, 0.25) is 0 Å². The average Bonchev–Trinajstić information content (AvgIpc) is 2.42. The molecule has 0 radical (unpaired) electrons. The Kier molecular flexibility index (Phi) is 5.34. The first-order valence-electron chi connectivity index (χ1n) is 7.68. The van der Waals surface area contributed by atoms with Gasteiger partial charge in [-0.3, -0.25) is 4.98 Å². The molecule has 0 aliphatic heterocycles. The zero-order valence-electron chi connectivity index (χ0n) is 12.9. The highest BCUT2D eigenvalue weighted by atomic mass is 14.7. The minimum atomic E-state index is 0.636. The minimum Gasteiger partial charge on any atom is -0.258 e. The lowest BCUT2D eigenvalue weighted by Crippen LogP contribution is -1.99.